The molecule has 1 saturated heterocycles. The van der Waals surface area contributed by atoms with Crippen molar-refractivity contribution < 1.29 is 17.8 Å². The number of nitriles is 1. The summed E-state index contributed by atoms with van der Waals surface area (Å²) < 4.78 is 38.7. The number of benzene rings is 1. The smallest absolute Gasteiger partial charge is 0.416 e. The lowest BCUT2D eigenvalue weighted by Crippen LogP contribution is -2.66. The highest BCUT2D eigenvalue weighted by molar-refractivity contribution is 5.64. The van der Waals surface area contributed by atoms with Crippen molar-refractivity contribution in [1.82, 2.24) is 9.97 Å². The number of piperazine rings is 1. The number of aromatic nitrogens is 2. The molecule has 9 heteroatoms. The van der Waals surface area contributed by atoms with E-state index in [1.807, 2.05) is 24.8 Å². The van der Waals surface area contributed by atoms with Gasteiger partial charge in [-0.15, -0.1) is 0 Å². The molecule has 0 aliphatic carbocycles. The first-order valence-electron chi connectivity index (χ1n) is 8.71. The topological polar surface area (TPSA) is 75.9 Å². The highest BCUT2D eigenvalue weighted by atomic mass is 19.4. The van der Waals surface area contributed by atoms with Crippen LogP contribution in [-0.4, -0.2) is 46.8 Å². The van der Waals surface area contributed by atoms with Crippen molar-refractivity contribution in [2.75, 3.05) is 31.6 Å². The van der Waals surface area contributed by atoms with Crippen molar-refractivity contribution in [3.8, 4) is 17.3 Å². The molecule has 0 saturated carbocycles. The number of hydrogen-bond donors (Lipinski definition) is 0. The van der Waals surface area contributed by atoms with Gasteiger partial charge >= 0.3 is 6.18 Å². The molecule has 0 bridgehead atoms. The van der Waals surface area contributed by atoms with Gasteiger partial charge in [-0.25, -0.2) is 9.97 Å². The fourth-order valence-corrected chi connectivity index (χ4v) is 3.15. The summed E-state index contributed by atoms with van der Waals surface area (Å²) >= 11 is 0. The number of hydroxylamine groups is 3. The summed E-state index contributed by atoms with van der Waals surface area (Å²) in [7, 11) is 1.62. The largest absolute Gasteiger partial charge is 0.633 e. The third-order valence-corrected chi connectivity index (χ3v) is 5.28. The van der Waals surface area contributed by atoms with Gasteiger partial charge in [-0.05, 0) is 26.0 Å². The first-order valence-corrected chi connectivity index (χ1v) is 8.71. The van der Waals surface area contributed by atoms with E-state index in [0.29, 0.717) is 25.5 Å². The number of halogens is 3. The van der Waals surface area contributed by atoms with E-state index in [2.05, 4.69) is 9.97 Å². The summed E-state index contributed by atoms with van der Waals surface area (Å²) in [5.41, 5.74) is -0.917. The van der Waals surface area contributed by atoms with Gasteiger partial charge in [0.2, 0.25) is 5.82 Å². The van der Waals surface area contributed by atoms with Crippen LogP contribution in [0.5, 0.6) is 0 Å². The third-order valence-electron chi connectivity index (χ3n) is 5.28. The van der Waals surface area contributed by atoms with Gasteiger partial charge in [-0.2, -0.15) is 18.4 Å². The molecule has 2 aromatic rings. The van der Waals surface area contributed by atoms with E-state index < -0.39 is 21.9 Å². The van der Waals surface area contributed by atoms with E-state index in [1.54, 1.807) is 13.1 Å². The highest BCUT2D eigenvalue weighted by Crippen LogP contribution is 2.33. The van der Waals surface area contributed by atoms with Crippen molar-refractivity contribution in [3.63, 3.8) is 0 Å². The van der Waals surface area contributed by atoms with Crippen LogP contribution >= 0.6 is 0 Å². The second-order valence-corrected chi connectivity index (χ2v) is 7.68. The fourth-order valence-electron chi connectivity index (χ4n) is 3.15. The Hall–Kier alpha value is -2.70. The summed E-state index contributed by atoms with van der Waals surface area (Å²) in [5, 5.41) is 21.9. The van der Waals surface area contributed by atoms with Gasteiger partial charge in [0.25, 0.3) is 0 Å². The zero-order valence-corrected chi connectivity index (χ0v) is 15.8. The second-order valence-electron chi connectivity index (χ2n) is 7.68. The number of rotatable bonds is 2. The van der Waals surface area contributed by atoms with Crippen LogP contribution in [0.1, 0.15) is 25.2 Å². The average Bonchev–Trinajstić information content (AvgIpc) is 2.63. The quantitative estimate of drug-likeness (QED) is 0.578. The molecule has 1 unspecified atom stereocenters. The van der Waals surface area contributed by atoms with Crippen molar-refractivity contribution in [2.24, 2.45) is 0 Å². The first kappa shape index (κ1) is 20.0. The maximum atomic E-state index is 13.0. The summed E-state index contributed by atoms with van der Waals surface area (Å²) in [5.74, 6) is 0.291. The van der Waals surface area contributed by atoms with E-state index in [1.165, 1.54) is 12.1 Å². The summed E-state index contributed by atoms with van der Waals surface area (Å²) in [6, 6.07) is 8.22. The Balaban J connectivity index is 2.02. The molecule has 0 amide bonds. The molecule has 1 aromatic heterocycles. The number of likely N-dealkylation sites (N-methyl/N-ethyl adjacent to an activating group) is 1. The molecule has 0 radical (unpaired) electrons. The standard InChI is InChI=1S/C19H20F3N5O/c1-18(2)12-26(7-8-27(18,3)28)17-10-15(24-16(11-23)25-17)13-5-4-6-14(9-13)19(20,21)22/h4-6,9-10H,7-8,12H2,1-3H3. The maximum absolute atomic E-state index is 13.0. The van der Waals surface area contributed by atoms with Crippen LogP contribution in [0.3, 0.4) is 0 Å². The zero-order valence-electron chi connectivity index (χ0n) is 15.8. The lowest BCUT2D eigenvalue weighted by Gasteiger charge is -2.56. The molecule has 6 nitrogen and oxygen atoms in total. The van der Waals surface area contributed by atoms with E-state index in [9.17, 15) is 23.6 Å². The van der Waals surface area contributed by atoms with Gasteiger partial charge in [0, 0.05) is 11.6 Å². The Labute approximate surface area is 161 Å². The molecule has 1 atom stereocenters. The Kier molecular flexibility index (Phi) is 4.81. The minimum atomic E-state index is -4.47. The SMILES string of the molecule is CC1(C)CN(c2cc(-c3cccc(C(F)(F)F)c3)nc(C#N)n2)CC[N+]1(C)[O-]. The Morgan fingerprint density at radius 3 is 2.57 bits per heavy atom. The monoisotopic (exact) mass is 391 g/mol. The van der Waals surface area contributed by atoms with Gasteiger partial charge in [-0.1, -0.05) is 12.1 Å². The molecule has 3 rings (SSSR count). The molecule has 148 valence electrons. The molecule has 1 fully saturated rings. The lowest BCUT2D eigenvalue weighted by molar-refractivity contribution is -0.910. The minimum Gasteiger partial charge on any atom is -0.633 e. The molecule has 1 aliphatic rings. The third kappa shape index (κ3) is 3.79. The predicted octanol–water partition coefficient (Wildman–Crippen LogP) is 3.58. The lowest BCUT2D eigenvalue weighted by atomic mass is 9.98. The van der Waals surface area contributed by atoms with E-state index in [4.69, 9.17) is 0 Å². The number of quaternary nitrogens is 1. The van der Waals surface area contributed by atoms with E-state index >= 15 is 0 Å². The summed E-state index contributed by atoms with van der Waals surface area (Å²) in [6.07, 6.45) is -4.47. The Morgan fingerprint density at radius 1 is 1.25 bits per heavy atom. The summed E-state index contributed by atoms with van der Waals surface area (Å²) in [6.45, 7) is 4.86. The van der Waals surface area contributed by atoms with Gasteiger partial charge in [0.05, 0.1) is 37.9 Å². The van der Waals surface area contributed by atoms with Crippen LogP contribution in [0, 0.1) is 16.5 Å². The molecular weight excluding hydrogens is 371 g/mol. The highest BCUT2D eigenvalue weighted by Gasteiger charge is 2.40. The van der Waals surface area contributed by atoms with Gasteiger partial charge in [-0.3, -0.25) is 0 Å². The number of hydrogen-bond acceptors (Lipinski definition) is 5. The number of alkyl halides is 3. The Morgan fingerprint density at radius 2 is 1.96 bits per heavy atom. The molecule has 2 heterocycles. The summed E-state index contributed by atoms with van der Waals surface area (Å²) in [4.78, 5) is 10.2. The van der Waals surface area contributed by atoms with Gasteiger partial charge < -0.3 is 14.8 Å². The van der Waals surface area contributed by atoms with Crippen molar-refractivity contribution in [1.29, 1.82) is 5.26 Å². The van der Waals surface area contributed by atoms with Crippen molar-refractivity contribution in [2.45, 2.75) is 25.6 Å². The van der Waals surface area contributed by atoms with Crippen LogP contribution in [0.2, 0.25) is 0 Å². The molecule has 0 N–H and O–H groups in total. The van der Waals surface area contributed by atoms with Crippen LogP contribution in [-0.2, 0) is 6.18 Å². The van der Waals surface area contributed by atoms with Crippen molar-refractivity contribution >= 4 is 5.82 Å². The zero-order chi connectivity index (χ0) is 20.7. The molecule has 1 aliphatic heterocycles. The fraction of sp³-hybridized carbons (Fsp3) is 0.421. The van der Waals surface area contributed by atoms with Crippen molar-refractivity contribution in [3.05, 3.63) is 46.9 Å². The van der Waals surface area contributed by atoms with Crippen LogP contribution in [0.25, 0.3) is 11.3 Å². The van der Waals surface area contributed by atoms with Crippen LogP contribution in [0.4, 0.5) is 19.0 Å². The first-order chi connectivity index (χ1) is 12.9. The predicted molar refractivity (Wildman–Crippen MR) is 97.9 cm³/mol. The number of nitrogens with zero attached hydrogens (tertiary/aromatic N) is 5. The molecule has 1 aromatic carbocycles. The minimum absolute atomic E-state index is 0.132. The van der Waals surface area contributed by atoms with E-state index in [-0.39, 0.29) is 17.1 Å². The molecular formula is C19H20F3N5O. The van der Waals surface area contributed by atoms with Gasteiger partial charge in [0.15, 0.2) is 0 Å². The normalized spacial score (nSPS) is 22.0. The van der Waals surface area contributed by atoms with E-state index in [0.717, 1.165) is 12.1 Å². The van der Waals surface area contributed by atoms with Crippen LogP contribution < -0.4 is 4.90 Å². The average molecular weight is 391 g/mol. The van der Waals surface area contributed by atoms with Gasteiger partial charge in [0.1, 0.15) is 17.4 Å². The second kappa shape index (κ2) is 6.72. The molecule has 28 heavy (non-hydrogen) atoms. The number of anilines is 1. The molecule has 0 spiro atoms. The Bertz CT molecular complexity index is 934. The maximum Gasteiger partial charge on any atom is 0.416 e. The van der Waals surface area contributed by atoms with Crippen LogP contribution in [0.15, 0.2) is 30.3 Å².